The van der Waals surface area contributed by atoms with Crippen LogP contribution >= 0.6 is 11.6 Å². The highest BCUT2D eigenvalue weighted by atomic mass is 35.5. The van der Waals surface area contributed by atoms with E-state index < -0.39 is 19.1 Å². The molecule has 0 amide bonds. The Balaban J connectivity index is 1.76. The van der Waals surface area contributed by atoms with Gasteiger partial charge in [-0.05, 0) is 30.2 Å². The first-order valence-corrected chi connectivity index (χ1v) is 8.06. The zero-order valence-electron chi connectivity index (χ0n) is 13.5. The normalized spacial score (nSPS) is 16.9. The van der Waals surface area contributed by atoms with Crippen molar-refractivity contribution in [3.8, 4) is 5.88 Å². The Labute approximate surface area is 148 Å². The van der Waals surface area contributed by atoms with E-state index in [9.17, 15) is 13.6 Å². The zero-order valence-corrected chi connectivity index (χ0v) is 14.2. The molecule has 8 heteroatoms. The van der Waals surface area contributed by atoms with Crippen LogP contribution in [0.4, 0.5) is 8.78 Å². The molecule has 0 bridgehead atoms. The Morgan fingerprint density at radius 1 is 1.48 bits per heavy atom. The van der Waals surface area contributed by atoms with Crippen LogP contribution < -0.4 is 4.74 Å². The van der Waals surface area contributed by atoms with Gasteiger partial charge in [0.1, 0.15) is 11.4 Å². The van der Waals surface area contributed by atoms with Gasteiger partial charge in [-0.15, -0.1) is 0 Å². The number of pyridine rings is 2. The summed E-state index contributed by atoms with van der Waals surface area (Å²) >= 11 is 6.12. The summed E-state index contributed by atoms with van der Waals surface area (Å²) < 4.78 is 29.5. The van der Waals surface area contributed by atoms with Gasteiger partial charge >= 0.3 is 0 Å². The maximum atomic E-state index is 12.2. The summed E-state index contributed by atoms with van der Waals surface area (Å²) in [5.74, 6) is 0.188. The highest BCUT2D eigenvalue weighted by Crippen LogP contribution is 2.36. The fourth-order valence-electron chi connectivity index (χ4n) is 2.96. The lowest BCUT2D eigenvalue weighted by Gasteiger charge is -2.20. The van der Waals surface area contributed by atoms with Gasteiger partial charge in [0.2, 0.25) is 5.88 Å². The van der Waals surface area contributed by atoms with Crippen molar-refractivity contribution in [3.63, 3.8) is 0 Å². The smallest absolute Gasteiger partial charge is 0.272 e. The van der Waals surface area contributed by atoms with Crippen LogP contribution in [0, 0.1) is 6.92 Å². The van der Waals surface area contributed by atoms with Crippen LogP contribution in [0.1, 0.15) is 28.3 Å². The van der Waals surface area contributed by atoms with Gasteiger partial charge in [-0.2, -0.15) is 0 Å². The van der Waals surface area contributed by atoms with E-state index in [0.717, 1.165) is 23.0 Å². The number of carbonyl (C=O) groups is 1. The molecule has 0 fully saturated rings. The molecule has 0 radical (unpaired) electrons. The van der Waals surface area contributed by atoms with Crippen LogP contribution in [-0.4, -0.2) is 34.2 Å². The molecule has 1 aliphatic heterocycles. The molecule has 1 unspecified atom stereocenters. The van der Waals surface area contributed by atoms with E-state index in [1.807, 2.05) is 11.0 Å². The number of fused-ring (bicyclic) bond motifs is 1. The molecule has 132 valence electrons. The van der Waals surface area contributed by atoms with Gasteiger partial charge in [0, 0.05) is 36.6 Å². The number of ether oxygens (including phenoxy) is 1. The Bertz CT molecular complexity index is 788. The number of nitrogens with zero attached hydrogens (tertiary/aromatic N) is 3. The lowest BCUT2D eigenvalue weighted by molar-refractivity contribution is -0.112. The van der Waals surface area contributed by atoms with Gasteiger partial charge in [-0.3, -0.25) is 4.90 Å². The number of rotatable bonds is 6. The molecular formula is C17H16ClF2N3O2. The van der Waals surface area contributed by atoms with Crippen molar-refractivity contribution in [2.45, 2.75) is 32.5 Å². The Morgan fingerprint density at radius 3 is 2.96 bits per heavy atom. The number of halogens is 3. The van der Waals surface area contributed by atoms with E-state index >= 15 is 0 Å². The van der Waals surface area contributed by atoms with Crippen molar-refractivity contribution >= 4 is 17.9 Å². The number of aldehydes is 1. The quantitative estimate of drug-likeness (QED) is 0.579. The van der Waals surface area contributed by atoms with Gasteiger partial charge in [-0.25, -0.2) is 18.7 Å². The second-order valence-electron chi connectivity index (χ2n) is 5.82. The van der Waals surface area contributed by atoms with Crippen LogP contribution in [0.3, 0.4) is 0 Å². The van der Waals surface area contributed by atoms with Crippen LogP contribution in [0.5, 0.6) is 5.88 Å². The average Bonchev–Trinajstić information content (AvgIpc) is 2.92. The number of hydrogen-bond donors (Lipinski definition) is 0. The summed E-state index contributed by atoms with van der Waals surface area (Å²) in [6.07, 6.45) is 1.49. The highest BCUT2D eigenvalue weighted by molar-refractivity contribution is 6.30. The molecule has 0 spiro atoms. The third-order valence-corrected chi connectivity index (χ3v) is 4.39. The number of hydrogen-bond acceptors (Lipinski definition) is 5. The predicted octanol–water partition coefficient (Wildman–Crippen LogP) is 3.34. The number of aromatic nitrogens is 2. The summed E-state index contributed by atoms with van der Waals surface area (Å²) in [6.45, 7) is 2.03. The molecule has 1 aliphatic rings. The van der Waals surface area contributed by atoms with Crippen molar-refractivity contribution < 1.29 is 18.3 Å². The number of carbonyl (C=O) groups excluding carboxylic acids is 1. The Morgan fingerprint density at radius 2 is 2.28 bits per heavy atom. The lowest BCUT2D eigenvalue weighted by atomic mass is 10.1. The van der Waals surface area contributed by atoms with Crippen LogP contribution in [0.25, 0.3) is 0 Å². The zero-order chi connectivity index (χ0) is 18.0. The molecule has 1 atom stereocenters. The molecule has 3 rings (SSSR count). The summed E-state index contributed by atoms with van der Waals surface area (Å²) in [5, 5.41) is 0.400. The van der Waals surface area contributed by atoms with Crippen LogP contribution in [0.2, 0.25) is 5.15 Å². The first-order chi connectivity index (χ1) is 12.0. The summed E-state index contributed by atoms with van der Waals surface area (Å²) in [5.41, 5.74) is 3.22. The Kier molecular flexibility index (Phi) is 5.24. The van der Waals surface area contributed by atoms with Crippen molar-refractivity contribution in [2.24, 2.45) is 0 Å². The average molecular weight is 368 g/mol. The van der Waals surface area contributed by atoms with E-state index in [0.29, 0.717) is 23.8 Å². The van der Waals surface area contributed by atoms with Crippen molar-refractivity contribution in [2.75, 3.05) is 6.61 Å². The third-order valence-electron chi connectivity index (χ3n) is 4.06. The molecule has 0 aliphatic carbocycles. The third kappa shape index (κ3) is 3.77. The van der Waals surface area contributed by atoms with Crippen molar-refractivity contribution in [1.82, 2.24) is 14.9 Å². The largest absolute Gasteiger partial charge is 0.471 e. The van der Waals surface area contributed by atoms with Gasteiger partial charge < -0.3 is 9.53 Å². The van der Waals surface area contributed by atoms with Gasteiger partial charge in [0.05, 0.1) is 6.04 Å². The second kappa shape index (κ2) is 7.41. The summed E-state index contributed by atoms with van der Waals surface area (Å²) in [6, 6.07) is 3.22. The number of alkyl halides is 2. The topological polar surface area (TPSA) is 55.3 Å². The van der Waals surface area contributed by atoms with Crippen LogP contribution in [-0.2, 0) is 17.9 Å². The molecule has 0 N–H and O–H groups in total. The van der Waals surface area contributed by atoms with Gasteiger partial charge in [-0.1, -0.05) is 11.6 Å². The van der Waals surface area contributed by atoms with E-state index in [4.69, 9.17) is 16.3 Å². The fraction of sp³-hybridized carbons (Fsp3) is 0.353. The predicted molar refractivity (Wildman–Crippen MR) is 87.8 cm³/mol. The molecule has 0 saturated heterocycles. The molecule has 3 heterocycles. The first kappa shape index (κ1) is 17.7. The fourth-order valence-corrected chi connectivity index (χ4v) is 3.19. The maximum absolute atomic E-state index is 12.2. The maximum Gasteiger partial charge on any atom is 0.272 e. The molecule has 0 saturated carbocycles. The summed E-state index contributed by atoms with van der Waals surface area (Å²) in [7, 11) is 0. The SMILES string of the molecule is Cc1cc(CN2Cc3c(ccnc3Cl)C2C=O)cnc1OCC(F)F. The molecule has 5 nitrogen and oxygen atoms in total. The number of aryl methyl sites for hydroxylation is 1. The van der Waals surface area contributed by atoms with E-state index in [-0.39, 0.29) is 5.88 Å². The minimum Gasteiger partial charge on any atom is -0.471 e. The van der Waals surface area contributed by atoms with Crippen LogP contribution in [0.15, 0.2) is 24.5 Å². The van der Waals surface area contributed by atoms with Gasteiger partial charge in [0.25, 0.3) is 6.43 Å². The summed E-state index contributed by atoms with van der Waals surface area (Å²) in [4.78, 5) is 21.7. The van der Waals surface area contributed by atoms with E-state index in [2.05, 4.69) is 9.97 Å². The molecule has 25 heavy (non-hydrogen) atoms. The van der Waals surface area contributed by atoms with Crippen molar-refractivity contribution in [1.29, 1.82) is 0 Å². The minimum atomic E-state index is -2.55. The minimum absolute atomic E-state index is 0.188. The van der Waals surface area contributed by atoms with E-state index in [1.165, 1.54) is 0 Å². The highest BCUT2D eigenvalue weighted by Gasteiger charge is 2.31. The molecular weight excluding hydrogens is 352 g/mol. The van der Waals surface area contributed by atoms with E-state index in [1.54, 1.807) is 25.4 Å². The standard InChI is InChI=1S/C17H16ClF2N3O2/c1-10-4-11(5-22-17(10)25-9-15(19)20)6-23-7-13-12(14(23)8-24)2-3-21-16(13)18/h2-5,8,14-15H,6-7,9H2,1H3. The lowest BCUT2D eigenvalue weighted by Crippen LogP contribution is -2.22. The molecule has 2 aromatic rings. The second-order valence-corrected chi connectivity index (χ2v) is 6.18. The molecule has 0 aromatic carbocycles. The first-order valence-electron chi connectivity index (χ1n) is 7.68. The van der Waals surface area contributed by atoms with Crippen molar-refractivity contribution in [3.05, 3.63) is 51.9 Å². The molecule has 2 aromatic heterocycles. The Hall–Kier alpha value is -2.12. The monoisotopic (exact) mass is 367 g/mol. The van der Waals surface area contributed by atoms with Gasteiger partial charge in [0.15, 0.2) is 6.61 Å².